The molecule has 18 heavy (non-hydrogen) atoms. The number of hydrogen-bond donors (Lipinski definition) is 2. The van der Waals surface area contributed by atoms with Gasteiger partial charge in [-0.25, -0.2) is 4.98 Å². The summed E-state index contributed by atoms with van der Waals surface area (Å²) in [6, 6.07) is 2.14. The molecule has 0 aromatic carbocycles. The lowest BCUT2D eigenvalue weighted by Crippen LogP contribution is -2.20. The van der Waals surface area contributed by atoms with Crippen LogP contribution in [0.4, 0.5) is 11.8 Å². The monoisotopic (exact) mass is 264 g/mol. The zero-order valence-electron chi connectivity index (χ0n) is 11.6. The van der Waals surface area contributed by atoms with E-state index in [0.29, 0.717) is 5.95 Å². The highest BCUT2D eigenvalue weighted by atomic mass is 32.1. The molecule has 2 rings (SSSR count). The van der Waals surface area contributed by atoms with Crippen molar-refractivity contribution in [1.29, 1.82) is 0 Å². The van der Waals surface area contributed by atoms with Crippen LogP contribution in [0.2, 0.25) is 0 Å². The van der Waals surface area contributed by atoms with Gasteiger partial charge in [-0.15, -0.1) is 11.3 Å². The zero-order chi connectivity index (χ0) is 13.3. The molecule has 0 radical (unpaired) electrons. The van der Waals surface area contributed by atoms with Crippen LogP contribution in [0.15, 0.2) is 6.07 Å². The molecule has 0 atom stereocenters. The fourth-order valence-electron chi connectivity index (χ4n) is 1.64. The van der Waals surface area contributed by atoms with Gasteiger partial charge in [-0.1, -0.05) is 20.8 Å². The van der Waals surface area contributed by atoms with E-state index in [1.807, 2.05) is 7.05 Å². The van der Waals surface area contributed by atoms with Gasteiger partial charge in [0.2, 0.25) is 5.95 Å². The Kier molecular flexibility index (Phi) is 3.43. The van der Waals surface area contributed by atoms with Crippen molar-refractivity contribution in [2.45, 2.75) is 27.7 Å². The second kappa shape index (κ2) is 4.72. The number of hydrogen-bond acceptors (Lipinski definition) is 5. The molecule has 0 fully saturated rings. The zero-order valence-corrected chi connectivity index (χ0v) is 12.4. The van der Waals surface area contributed by atoms with Crippen LogP contribution in [0.3, 0.4) is 0 Å². The van der Waals surface area contributed by atoms with Crippen LogP contribution in [0.1, 0.15) is 25.6 Å². The molecular weight excluding hydrogens is 244 g/mol. The number of rotatable bonds is 3. The molecule has 0 saturated heterocycles. The van der Waals surface area contributed by atoms with Crippen molar-refractivity contribution in [2.75, 3.05) is 24.2 Å². The molecular formula is C13H20N4S. The van der Waals surface area contributed by atoms with Crippen molar-refractivity contribution < 1.29 is 0 Å². The highest BCUT2D eigenvalue weighted by molar-refractivity contribution is 7.18. The summed E-state index contributed by atoms with van der Waals surface area (Å²) >= 11 is 1.70. The van der Waals surface area contributed by atoms with E-state index in [1.54, 1.807) is 11.3 Å². The van der Waals surface area contributed by atoms with Gasteiger partial charge in [0.1, 0.15) is 10.6 Å². The normalized spacial score (nSPS) is 11.8. The molecule has 0 saturated carbocycles. The number of nitrogens with zero attached hydrogens (tertiary/aromatic N) is 2. The van der Waals surface area contributed by atoms with Gasteiger partial charge in [0.05, 0.1) is 5.39 Å². The number of nitrogens with one attached hydrogen (secondary N) is 2. The topological polar surface area (TPSA) is 49.8 Å². The third-order valence-corrected chi connectivity index (χ3v) is 3.47. The van der Waals surface area contributed by atoms with E-state index in [0.717, 1.165) is 22.6 Å². The lowest BCUT2D eigenvalue weighted by atomic mass is 9.97. The minimum atomic E-state index is 0.224. The summed E-state index contributed by atoms with van der Waals surface area (Å²) in [5.41, 5.74) is 0.224. The lowest BCUT2D eigenvalue weighted by Gasteiger charge is -2.19. The van der Waals surface area contributed by atoms with Gasteiger partial charge in [-0.2, -0.15) is 4.98 Å². The Morgan fingerprint density at radius 1 is 1.28 bits per heavy atom. The van der Waals surface area contributed by atoms with Crippen LogP contribution in [0.25, 0.3) is 10.2 Å². The Labute approximate surface area is 112 Å². The van der Waals surface area contributed by atoms with Crippen molar-refractivity contribution in [3.8, 4) is 0 Å². The van der Waals surface area contributed by atoms with E-state index in [4.69, 9.17) is 0 Å². The molecule has 98 valence electrons. The molecule has 0 aliphatic carbocycles. The molecule has 2 N–H and O–H groups in total. The Bertz CT molecular complexity index is 554. The predicted molar refractivity (Wildman–Crippen MR) is 79.6 cm³/mol. The van der Waals surface area contributed by atoms with Crippen molar-refractivity contribution in [2.24, 2.45) is 5.41 Å². The van der Waals surface area contributed by atoms with E-state index in [-0.39, 0.29) is 5.41 Å². The summed E-state index contributed by atoms with van der Waals surface area (Å²) in [4.78, 5) is 11.3. The third-order valence-electron chi connectivity index (χ3n) is 2.53. The second-order valence-corrected chi connectivity index (χ2v) is 6.87. The number of aromatic nitrogens is 2. The predicted octanol–water partition coefficient (Wildman–Crippen LogP) is 3.50. The van der Waals surface area contributed by atoms with Crippen LogP contribution in [-0.4, -0.2) is 23.6 Å². The Hall–Kier alpha value is -1.36. The maximum atomic E-state index is 4.51. The highest BCUT2D eigenvalue weighted by Gasteiger charge is 2.14. The first-order chi connectivity index (χ1) is 8.39. The van der Waals surface area contributed by atoms with Gasteiger partial charge < -0.3 is 10.6 Å². The van der Waals surface area contributed by atoms with E-state index in [9.17, 15) is 0 Å². The molecule has 2 aromatic heterocycles. The second-order valence-electron chi connectivity index (χ2n) is 5.64. The molecule has 2 aromatic rings. The maximum absolute atomic E-state index is 4.51. The molecule has 0 aliphatic rings. The summed E-state index contributed by atoms with van der Waals surface area (Å²) in [7, 11) is 1.84. The first-order valence-corrected chi connectivity index (χ1v) is 6.90. The number of thiophene rings is 1. The highest BCUT2D eigenvalue weighted by Crippen LogP contribution is 2.30. The standard InChI is InChI=1S/C13H20N4S/c1-8-6-9-10(15-7-13(2,3)4)16-12(14-5)17-11(9)18-8/h6H,7H2,1-5H3,(H2,14,15,16,17). The van der Waals surface area contributed by atoms with E-state index in [1.165, 1.54) is 4.88 Å². The quantitative estimate of drug-likeness (QED) is 0.891. The molecule has 4 nitrogen and oxygen atoms in total. The van der Waals surface area contributed by atoms with Crippen LogP contribution in [0.5, 0.6) is 0 Å². The summed E-state index contributed by atoms with van der Waals surface area (Å²) in [6.07, 6.45) is 0. The minimum absolute atomic E-state index is 0.224. The average Bonchev–Trinajstić information content (AvgIpc) is 2.64. The van der Waals surface area contributed by atoms with Crippen LogP contribution < -0.4 is 10.6 Å². The van der Waals surface area contributed by atoms with Gasteiger partial charge >= 0.3 is 0 Å². The van der Waals surface area contributed by atoms with E-state index < -0.39 is 0 Å². The van der Waals surface area contributed by atoms with Crippen molar-refractivity contribution in [3.05, 3.63) is 10.9 Å². The molecule has 0 bridgehead atoms. The Balaban J connectivity index is 2.40. The van der Waals surface area contributed by atoms with Crippen LogP contribution in [0, 0.1) is 12.3 Å². The van der Waals surface area contributed by atoms with Crippen LogP contribution in [-0.2, 0) is 0 Å². The van der Waals surface area contributed by atoms with Gasteiger partial charge in [-0.05, 0) is 18.4 Å². The van der Waals surface area contributed by atoms with Gasteiger partial charge in [0.25, 0.3) is 0 Å². The fourth-order valence-corrected chi connectivity index (χ4v) is 2.52. The maximum Gasteiger partial charge on any atom is 0.225 e. The molecule has 0 amide bonds. The smallest absolute Gasteiger partial charge is 0.225 e. The number of fused-ring (bicyclic) bond motifs is 1. The lowest BCUT2D eigenvalue weighted by molar-refractivity contribution is 0.442. The van der Waals surface area contributed by atoms with Gasteiger partial charge in [-0.3, -0.25) is 0 Å². The largest absolute Gasteiger partial charge is 0.369 e. The summed E-state index contributed by atoms with van der Waals surface area (Å²) in [6.45, 7) is 9.60. The molecule has 0 aliphatic heterocycles. The Morgan fingerprint density at radius 2 is 2.00 bits per heavy atom. The van der Waals surface area contributed by atoms with Gasteiger partial charge in [0, 0.05) is 18.5 Å². The number of anilines is 2. The SMILES string of the molecule is CNc1nc(NCC(C)(C)C)c2cc(C)sc2n1. The summed E-state index contributed by atoms with van der Waals surface area (Å²) < 4.78 is 0. The average molecular weight is 264 g/mol. The Morgan fingerprint density at radius 3 is 2.61 bits per heavy atom. The first kappa shape index (κ1) is 13.1. The van der Waals surface area contributed by atoms with E-state index >= 15 is 0 Å². The molecule has 0 spiro atoms. The van der Waals surface area contributed by atoms with Gasteiger partial charge in [0.15, 0.2) is 0 Å². The minimum Gasteiger partial charge on any atom is -0.369 e. The third kappa shape index (κ3) is 2.90. The van der Waals surface area contributed by atoms with Crippen molar-refractivity contribution >= 4 is 33.3 Å². The summed E-state index contributed by atoms with van der Waals surface area (Å²) in [5.74, 6) is 1.59. The van der Waals surface area contributed by atoms with Crippen LogP contribution >= 0.6 is 11.3 Å². The molecule has 2 heterocycles. The molecule has 5 heteroatoms. The van der Waals surface area contributed by atoms with Crippen molar-refractivity contribution in [3.63, 3.8) is 0 Å². The van der Waals surface area contributed by atoms with E-state index in [2.05, 4.69) is 54.4 Å². The summed E-state index contributed by atoms with van der Waals surface area (Å²) in [5, 5.41) is 7.55. The van der Waals surface area contributed by atoms with Crippen molar-refractivity contribution in [1.82, 2.24) is 9.97 Å². The number of aryl methyl sites for hydroxylation is 1. The first-order valence-electron chi connectivity index (χ1n) is 6.09. The molecule has 0 unspecified atom stereocenters. The fraction of sp³-hybridized carbons (Fsp3) is 0.538.